The molecule has 1 N–H and O–H groups in total. The lowest BCUT2D eigenvalue weighted by Crippen LogP contribution is -2.36. The topological polar surface area (TPSA) is 86.1 Å². The standard InChI is InChI=1S/C26H25FN4O3S/c1-26(2)12-18-22(19(32)13-26)23(17-6-4-5-7-21(17)34-3)31-24(28-18)29-25(30-31)35-14-20(33)15-8-10-16(27)11-9-15/h4-11,23H,12-14H2,1-3H3,(H,28,29,30)/t23-/m0/s1. The molecule has 180 valence electrons. The second kappa shape index (κ2) is 8.96. The van der Waals surface area contributed by atoms with Crippen molar-refractivity contribution in [3.05, 3.63) is 76.7 Å². The third kappa shape index (κ3) is 4.48. The average Bonchev–Trinajstić information content (AvgIpc) is 3.23. The summed E-state index contributed by atoms with van der Waals surface area (Å²) in [5, 5.41) is 8.42. The Morgan fingerprint density at radius 1 is 1.20 bits per heavy atom. The molecule has 1 aliphatic carbocycles. The lowest BCUT2D eigenvalue weighted by atomic mass is 9.73. The Hall–Kier alpha value is -3.46. The molecule has 0 saturated carbocycles. The van der Waals surface area contributed by atoms with E-state index in [1.807, 2.05) is 24.3 Å². The SMILES string of the molecule is COc1ccccc1[C@H]1C2=C(CC(C)(C)CC2=O)Nc2nc(SCC(=O)c3ccc(F)cc3)nn21. The van der Waals surface area contributed by atoms with Crippen LogP contribution < -0.4 is 10.1 Å². The minimum Gasteiger partial charge on any atom is -0.496 e. The number of hydrogen-bond acceptors (Lipinski definition) is 7. The van der Waals surface area contributed by atoms with Gasteiger partial charge >= 0.3 is 0 Å². The van der Waals surface area contributed by atoms with E-state index in [0.29, 0.717) is 40.8 Å². The minimum atomic E-state index is -0.490. The zero-order valence-electron chi connectivity index (χ0n) is 19.7. The van der Waals surface area contributed by atoms with Gasteiger partial charge in [-0.3, -0.25) is 9.59 Å². The second-order valence-corrected chi connectivity index (χ2v) is 10.4. The number of nitrogens with zero attached hydrogens (tertiary/aromatic N) is 3. The van der Waals surface area contributed by atoms with Crippen LogP contribution in [0.2, 0.25) is 0 Å². The lowest BCUT2D eigenvalue weighted by Gasteiger charge is -2.38. The molecule has 0 bridgehead atoms. The smallest absolute Gasteiger partial charge is 0.227 e. The predicted octanol–water partition coefficient (Wildman–Crippen LogP) is 5.06. The quantitative estimate of drug-likeness (QED) is 0.380. The van der Waals surface area contributed by atoms with Gasteiger partial charge in [0.1, 0.15) is 17.6 Å². The number of carbonyl (C=O) groups excluding carboxylic acids is 2. The fourth-order valence-corrected chi connectivity index (χ4v) is 5.40. The van der Waals surface area contributed by atoms with Crippen LogP contribution in [0, 0.1) is 11.2 Å². The molecular formula is C26H25FN4O3S. The molecule has 0 fully saturated rings. The molecule has 2 aromatic carbocycles. The van der Waals surface area contributed by atoms with Crippen LogP contribution in [0.4, 0.5) is 10.3 Å². The van der Waals surface area contributed by atoms with E-state index in [1.165, 1.54) is 36.0 Å². The van der Waals surface area contributed by atoms with Crippen molar-refractivity contribution < 1.29 is 18.7 Å². The summed E-state index contributed by atoms with van der Waals surface area (Å²) in [6.07, 6.45) is 1.15. The molecule has 1 aliphatic heterocycles. The summed E-state index contributed by atoms with van der Waals surface area (Å²) in [5.41, 5.74) is 2.60. The molecule has 35 heavy (non-hydrogen) atoms. The number of thioether (sulfide) groups is 1. The van der Waals surface area contributed by atoms with E-state index in [4.69, 9.17) is 4.74 Å². The molecule has 0 unspecified atom stereocenters. The number of aromatic nitrogens is 3. The number of rotatable bonds is 6. The number of allylic oxidation sites excluding steroid dienone is 2. The summed E-state index contributed by atoms with van der Waals surface area (Å²) in [6, 6.07) is 12.6. The van der Waals surface area contributed by atoms with Crippen LogP contribution in [0.25, 0.3) is 0 Å². The highest BCUT2D eigenvalue weighted by Crippen LogP contribution is 2.47. The van der Waals surface area contributed by atoms with Gasteiger partial charge < -0.3 is 10.1 Å². The van der Waals surface area contributed by atoms with E-state index in [-0.39, 0.29) is 28.6 Å². The Labute approximate surface area is 206 Å². The first kappa shape index (κ1) is 23.3. The van der Waals surface area contributed by atoms with Crippen molar-refractivity contribution in [2.45, 2.75) is 37.9 Å². The van der Waals surface area contributed by atoms with Gasteiger partial charge in [-0.15, -0.1) is 5.10 Å². The van der Waals surface area contributed by atoms with E-state index in [1.54, 1.807) is 11.8 Å². The molecule has 1 aromatic heterocycles. The molecule has 1 atom stereocenters. The van der Waals surface area contributed by atoms with E-state index in [2.05, 4.69) is 29.2 Å². The first-order chi connectivity index (χ1) is 16.8. The van der Waals surface area contributed by atoms with Crippen molar-refractivity contribution in [2.75, 3.05) is 18.2 Å². The predicted molar refractivity (Wildman–Crippen MR) is 131 cm³/mol. The molecule has 3 aromatic rings. The van der Waals surface area contributed by atoms with Crippen LogP contribution >= 0.6 is 11.8 Å². The molecule has 0 radical (unpaired) electrons. The number of hydrogen-bond donors (Lipinski definition) is 1. The summed E-state index contributed by atoms with van der Waals surface area (Å²) < 4.78 is 20.5. The largest absolute Gasteiger partial charge is 0.496 e. The number of halogens is 1. The molecule has 9 heteroatoms. The highest BCUT2D eigenvalue weighted by atomic mass is 32.2. The van der Waals surface area contributed by atoms with Crippen LogP contribution in [0.5, 0.6) is 5.75 Å². The Morgan fingerprint density at radius 3 is 2.69 bits per heavy atom. The monoisotopic (exact) mass is 492 g/mol. The maximum absolute atomic E-state index is 13.4. The number of anilines is 1. The number of para-hydroxylation sites is 1. The second-order valence-electron chi connectivity index (χ2n) is 9.48. The Morgan fingerprint density at radius 2 is 1.94 bits per heavy atom. The zero-order valence-corrected chi connectivity index (χ0v) is 20.5. The number of ketones is 2. The highest BCUT2D eigenvalue weighted by molar-refractivity contribution is 7.99. The Balaban J connectivity index is 1.50. The Kier molecular flexibility index (Phi) is 5.96. The number of carbonyl (C=O) groups is 2. The fourth-order valence-electron chi connectivity index (χ4n) is 4.68. The van der Waals surface area contributed by atoms with Gasteiger partial charge in [-0.25, -0.2) is 9.07 Å². The van der Waals surface area contributed by atoms with E-state index < -0.39 is 6.04 Å². The van der Waals surface area contributed by atoms with Gasteiger partial charge in [0.2, 0.25) is 11.1 Å². The maximum Gasteiger partial charge on any atom is 0.227 e. The number of methoxy groups -OCH3 is 1. The van der Waals surface area contributed by atoms with Crippen LogP contribution in [0.3, 0.4) is 0 Å². The molecule has 2 heterocycles. The lowest BCUT2D eigenvalue weighted by molar-refractivity contribution is -0.118. The van der Waals surface area contributed by atoms with Gasteiger partial charge in [0.25, 0.3) is 0 Å². The summed E-state index contributed by atoms with van der Waals surface area (Å²) >= 11 is 1.20. The molecule has 2 aliphatic rings. The number of benzene rings is 2. The van der Waals surface area contributed by atoms with Gasteiger partial charge in [0.15, 0.2) is 11.6 Å². The van der Waals surface area contributed by atoms with Crippen molar-refractivity contribution in [3.63, 3.8) is 0 Å². The minimum absolute atomic E-state index is 0.0708. The fraction of sp³-hybridized carbons (Fsp3) is 0.308. The molecule has 0 spiro atoms. The maximum atomic E-state index is 13.4. The summed E-state index contributed by atoms with van der Waals surface area (Å²) in [5.74, 6) is 0.814. The first-order valence-electron chi connectivity index (χ1n) is 11.3. The van der Waals surface area contributed by atoms with Crippen molar-refractivity contribution >= 4 is 29.3 Å². The number of nitrogens with one attached hydrogen (secondary N) is 1. The molecule has 5 rings (SSSR count). The van der Waals surface area contributed by atoms with E-state index in [9.17, 15) is 14.0 Å². The number of Topliss-reactive ketones (excluding diaryl/α,β-unsaturated/α-hetero) is 2. The van der Waals surface area contributed by atoms with Gasteiger partial charge in [-0.1, -0.05) is 43.8 Å². The van der Waals surface area contributed by atoms with Crippen LogP contribution in [0.15, 0.2) is 65.0 Å². The summed E-state index contributed by atoms with van der Waals surface area (Å²) in [6.45, 7) is 4.16. The number of ether oxygens (including phenoxy) is 1. The first-order valence-corrected chi connectivity index (χ1v) is 12.3. The van der Waals surface area contributed by atoms with E-state index in [0.717, 1.165) is 11.3 Å². The molecule has 0 saturated heterocycles. The van der Waals surface area contributed by atoms with Crippen molar-refractivity contribution in [3.8, 4) is 5.75 Å². The third-order valence-electron chi connectivity index (χ3n) is 6.24. The van der Waals surface area contributed by atoms with Gasteiger partial charge in [0, 0.05) is 28.8 Å². The van der Waals surface area contributed by atoms with Crippen LogP contribution in [0.1, 0.15) is 48.7 Å². The van der Waals surface area contributed by atoms with Gasteiger partial charge in [0.05, 0.1) is 12.9 Å². The van der Waals surface area contributed by atoms with Gasteiger partial charge in [-0.2, -0.15) is 4.98 Å². The van der Waals surface area contributed by atoms with Gasteiger partial charge in [-0.05, 0) is 42.2 Å². The average molecular weight is 493 g/mol. The molecular weight excluding hydrogens is 467 g/mol. The van der Waals surface area contributed by atoms with Crippen molar-refractivity contribution in [1.29, 1.82) is 0 Å². The normalized spacial score (nSPS) is 18.5. The highest BCUT2D eigenvalue weighted by Gasteiger charge is 2.42. The zero-order chi connectivity index (χ0) is 24.7. The molecule has 0 amide bonds. The molecule has 7 nitrogen and oxygen atoms in total. The summed E-state index contributed by atoms with van der Waals surface area (Å²) in [4.78, 5) is 30.6. The number of fused-ring (bicyclic) bond motifs is 1. The van der Waals surface area contributed by atoms with Crippen molar-refractivity contribution in [1.82, 2.24) is 14.8 Å². The van der Waals surface area contributed by atoms with Crippen LogP contribution in [-0.4, -0.2) is 39.2 Å². The Bertz CT molecular complexity index is 1350. The van der Waals surface area contributed by atoms with Crippen molar-refractivity contribution in [2.24, 2.45) is 5.41 Å². The summed E-state index contributed by atoms with van der Waals surface area (Å²) in [7, 11) is 1.60. The van der Waals surface area contributed by atoms with E-state index >= 15 is 0 Å². The third-order valence-corrected chi connectivity index (χ3v) is 7.08. The van der Waals surface area contributed by atoms with Crippen LogP contribution in [-0.2, 0) is 4.79 Å².